The average molecular weight is 348 g/mol. The van der Waals surface area contributed by atoms with Crippen molar-refractivity contribution in [2.75, 3.05) is 7.11 Å². The molecular formula is C21H25NaO3. The summed E-state index contributed by atoms with van der Waals surface area (Å²) in [4.78, 5) is 10.4. The maximum atomic E-state index is 10.4. The molecule has 0 amide bonds. The van der Waals surface area contributed by atoms with Crippen LogP contribution in [-0.2, 0) is 4.79 Å². The van der Waals surface area contributed by atoms with Crippen molar-refractivity contribution in [1.82, 2.24) is 0 Å². The Morgan fingerprint density at radius 2 is 1.72 bits per heavy atom. The second-order valence-electron chi connectivity index (χ2n) is 5.87. The van der Waals surface area contributed by atoms with Crippen LogP contribution in [0.1, 0.15) is 36.1 Å². The van der Waals surface area contributed by atoms with Crippen LogP contribution in [0, 0.1) is 20.8 Å². The number of carbonyl (C=O) groups is 1. The average Bonchev–Trinajstić information content (AvgIpc) is 2.50. The van der Waals surface area contributed by atoms with Crippen molar-refractivity contribution < 1.29 is 44.2 Å². The molecular weight excluding hydrogens is 323 g/mol. The molecule has 0 aliphatic carbocycles. The standard InChI is InChI=1S/C21H26O3.Na/c1-14(8-7-9-15(2)12-21(22)23)10-11-19-16(3)13-20(24-6)18(5)17(19)4;/h7-13H,1-6H3,(H,22,23);/q;+1/p-1. The Morgan fingerprint density at radius 3 is 2.28 bits per heavy atom. The van der Waals surface area contributed by atoms with Crippen molar-refractivity contribution in [3.63, 3.8) is 0 Å². The zero-order chi connectivity index (χ0) is 18.3. The molecule has 0 unspecified atom stereocenters. The number of methoxy groups -OCH3 is 1. The molecule has 4 heteroatoms. The third kappa shape index (κ3) is 7.47. The van der Waals surface area contributed by atoms with Crippen LogP contribution in [0.2, 0.25) is 0 Å². The summed E-state index contributed by atoms with van der Waals surface area (Å²) >= 11 is 0. The monoisotopic (exact) mass is 348 g/mol. The van der Waals surface area contributed by atoms with Gasteiger partial charge in [0.25, 0.3) is 0 Å². The van der Waals surface area contributed by atoms with Crippen LogP contribution in [-0.4, -0.2) is 13.1 Å². The first-order chi connectivity index (χ1) is 11.3. The first-order valence-corrected chi connectivity index (χ1v) is 7.83. The van der Waals surface area contributed by atoms with E-state index < -0.39 is 5.97 Å². The molecule has 25 heavy (non-hydrogen) atoms. The van der Waals surface area contributed by atoms with Gasteiger partial charge in [-0.1, -0.05) is 36.0 Å². The minimum absolute atomic E-state index is 0. The molecule has 3 nitrogen and oxygen atoms in total. The second-order valence-corrected chi connectivity index (χ2v) is 5.87. The van der Waals surface area contributed by atoms with Gasteiger partial charge in [0.05, 0.1) is 13.1 Å². The van der Waals surface area contributed by atoms with E-state index in [4.69, 9.17) is 4.74 Å². The van der Waals surface area contributed by atoms with Gasteiger partial charge >= 0.3 is 29.6 Å². The van der Waals surface area contributed by atoms with Gasteiger partial charge < -0.3 is 14.6 Å². The molecule has 0 aromatic heterocycles. The largest absolute Gasteiger partial charge is 1.00 e. The third-order valence-corrected chi connectivity index (χ3v) is 3.91. The Bertz CT molecular complexity index is 738. The van der Waals surface area contributed by atoms with E-state index in [1.165, 1.54) is 16.7 Å². The predicted octanol–water partition coefficient (Wildman–Crippen LogP) is 0.836. The van der Waals surface area contributed by atoms with E-state index in [1.54, 1.807) is 20.1 Å². The van der Waals surface area contributed by atoms with Crippen LogP contribution < -0.4 is 39.4 Å². The molecule has 0 atom stereocenters. The van der Waals surface area contributed by atoms with Crippen LogP contribution in [0.25, 0.3) is 6.08 Å². The fraction of sp³-hybridized carbons (Fsp3) is 0.286. The number of rotatable bonds is 6. The summed E-state index contributed by atoms with van der Waals surface area (Å²) in [5.74, 6) is -0.272. The van der Waals surface area contributed by atoms with E-state index in [2.05, 4.69) is 32.9 Å². The smallest absolute Gasteiger partial charge is 0.545 e. The number of carbonyl (C=O) groups excluding carboxylic acids is 1. The van der Waals surface area contributed by atoms with Gasteiger partial charge in [-0.05, 0) is 74.6 Å². The van der Waals surface area contributed by atoms with Crippen molar-refractivity contribution in [2.45, 2.75) is 34.6 Å². The summed E-state index contributed by atoms with van der Waals surface area (Å²) in [6.45, 7) is 9.94. The molecule has 128 valence electrons. The van der Waals surface area contributed by atoms with Gasteiger partial charge in [-0.2, -0.15) is 0 Å². The molecule has 0 aliphatic heterocycles. The topological polar surface area (TPSA) is 49.4 Å². The predicted molar refractivity (Wildman–Crippen MR) is 97.9 cm³/mol. The first-order valence-electron chi connectivity index (χ1n) is 7.83. The molecule has 0 aliphatic rings. The minimum atomic E-state index is -1.18. The summed E-state index contributed by atoms with van der Waals surface area (Å²) < 4.78 is 5.39. The number of benzene rings is 1. The van der Waals surface area contributed by atoms with Crippen molar-refractivity contribution in [3.05, 3.63) is 69.8 Å². The van der Waals surface area contributed by atoms with Crippen LogP contribution >= 0.6 is 0 Å². The van der Waals surface area contributed by atoms with Gasteiger partial charge in [0.2, 0.25) is 0 Å². The van der Waals surface area contributed by atoms with E-state index in [9.17, 15) is 9.90 Å². The minimum Gasteiger partial charge on any atom is -0.545 e. The Morgan fingerprint density at radius 1 is 1.08 bits per heavy atom. The van der Waals surface area contributed by atoms with E-state index >= 15 is 0 Å². The van der Waals surface area contributed by atoms with E-state index in [1.807, 2.05) is 25.2 Å². The Balaban J connectivity index is 0.00000576. The maximum absolute atomic E-state index is 10.4. The Hall–Kier alpha value is -1.55. The van der Waals surface area contributed by atoms with Gasteiger partial charge in [0.1, 0.15) is 5.75 Å². The molecule has 0 N–H and O–H groups in total. The summed E-state index contributed by atoms with van der Waals surface area (Å²) in [5, 5.41) is 10.4. The summed E-state index contributed by atoms with van der Waals surface area (Å²) in [6, 6.07) is 2.05. The number of aliphatic carboxylic acids is 1. The van der Waals surface area contributed by atoms with Gasteiger partial charge in [-0.15, -0.1) is 0 Å². The fourth-order valence-corrected chi connectivity index (χ4v) is 2.39. The summed E-state index contributed by atoms with van der Waals surface area (Å²) in [6.07, 6.45) is 10.7. The van der Waals surface area contributed by atoms with Crippen LogP contribution in [0.5, 0.6) is 5.75 Å². The Kier molecular flexibility index (Phi) is 10.4. The number of hydrogen-bond donors (Lipinski definition) is 0. The maximum Gasteiger partial charge on any atom is 1.00 e. The second kappa shape index (κ2) is 11.1. The molecule has 1 aromatic carbocycles. The molecule has 0 spiro atoms. The van der Waals surface area contributed by atoms with Crippen LogP contribution in [0.4, 0.5) is 0 Å². The molecule has 0 saturated heterocycles. The molecule has 1 aromatic rings. The van der Waals surface area contributed by atoms with Crippen molar-refractivity contribution in [1.29, 1.82) is 0 Å². The quantitative estimate of drug-likeness (QED) is 0.435. The fourth-order valence-electron chi connectivity index (χ4n) is 2.39. The van der Waals surface area contributed by atoms with Crippen LogP contribution in [0.3, 0.4) is 0 Å². The molecule has 0 fully saturated rings. The molecule has 0 heterocycles. The van der Waals surface area contributed by atoms with Gasteiger partial charge in [-0.25, -0.2) is 0 Å². The van der Waals surface area contributed by atoms with Crippen LogP contribution in [0.15, 0.2) is 47.6 Å². The number of aryl methyl sites for hydroxylation is 1. The van der Waals surface area contributed by atoms with Gasteiger partial charge in [-0.3, -0.25) is 0 Å². The van der Waals surface area contributed by atoms with Gasteiger partial charge in [0.15, 0.2) is 0 Å². The molecule has 1 rings (SSSR count). The number of carboxylic acid groups (broad SMARTS) is 1. The number of ether oxygens (including phenoxy) is 1. The zero-order valence-corrected chi connectivity index (χ0v) is 18.3. The summed E-state index contributed by atoms with van der Waals surface area (Å²) in [7, 11) is 1.69. The molecule has 0 radical (unpaired) electrons. The van der Waals surface area contributed by atoms with Gasteiger partial charge in [0, 0.05) is 0 Å². The Labute approximate surface area is 173 Å². The van der Waals surface area contributed by atoms with Crippen molar-refractivity contribution in [2.24, 2.45) is 0 Å². The number of hydrogen-bond acceptors (Lipinski definition) is 3. The normalized spacial score (nSPS) is 12.6. The van der Waals surface area contributed by atoms with Crippen molar-refractivity contribution in [3.8, 4) is 5.75 Å². The number of allylic oxidation sites excluding steroid dienone is 6. The van der Waals surface area contributed by atoms with E-state index in [-0.39, 0.29) is 29.6 Å². The van der Waals surface area contributed by atoms with E-state index in [0.717, 1.165) is 23.0 Å². The third-order valence-electron chi connectivity index (χ3n) is 3.91. The molecule has 0 saturated carbocycles. The first kappa shape index (κ1) is 23.4. The van der Waals surface area contributed by atoms with E-state index in [0.29, 0.717) is 5.57 Å². The SMILES string of the molecule is COc1cc(C)c(C=CC(C)=CC=CC(C)=CC(=O)[O-])c(C)c1C.[Na+]. The molecule has 0 bridgehead atoms. The zero-order valence-electron chi connectivity index (χ0n) is 16.3. The summed E-state index contributed by atoms with van der Waals surface area (Å²) in [5.41, 5.74) is 6.42. The van der Waals surface area contributed by atoms with Crippen molar-refractivity contribution >= 4 is 12.0 Å². The number of carboxylic acids is 1.